The minimum absolute atomic E-state index is 0.268. The van der Waals surface area contributed by atoms with Crippen molar-refractivity contribution in [3.8, 4) is 0 Å². The van der Waals surface area contributed by atoms with Gasteiger partial charge in [-0.1, -0.05) is 6.92 Å². The number of halogens is 3. The van der Waals surface area contributed by atoms with Crippen LogP contribution in [0.1, 0.15) is 26.2 Å². The first kappa shape index (κ1) is 15.5. The highest BCUT2D eigenvalue weighted by molar-refractivity contribution is 5.92. The van der Waals surface area contributed by atoms with Gasteiger partial charge < -0.3 is 9.64 Å². The van der Waals surface area contributed by atoms with Crippen molar-refractivity contribution in [1.82, 2.24) is 4.90 Å². The minimum Gasteiger partial charge on any atom is -0.467 e. The maximum Gasteiger partial charge on any atom is 0.412 e. The van der Waals surface area contributed by atoms with Crippen LogP contribution in [0.3, 0.4) is 0 Å². The fourth-order valence-electron chi connectivity index (χ4n) is 2.03. The zero-order valence-electron chi connectivity index (χ0n) is 10.8. The number of esters is 1. The molecule has 0 spiro atoms. The number of likely N-dealkylation sites (tertiary alicyclic amines) is 1. The van der Waals surface area contributed by atoms with Gasteiger partial charge in [0, 0.05) is 18.2 Å². The number of methoxy groups -OCH3 is 1. The van der Waals surface area contributed by atoms with Crippen LogP contribution in [-0.2, 0) is 14.3 Å². The molecule has 0 aliphatic carbocycles. The molecule has 0 bridgehead atoms. The van der Waals surface area contributed by atoms with Gasteiger partial charge in [-0.3, -0.25) is 4.79 Å². The van der Waals surface area contributed by atoms with Crippen LogP contribution < -0.4 is 0 Å². The third-order valence-corrected chi connectivity index (χ3v) is 3.05. The number of hydrogen-bond acceptors (Lipinski definition) is 3. The van der Waals surface area contributed by atoms with Gasteiger partial charge in [0.2, 0.25) is 5.91 Å². The van der Waals surface area contributed by atoms with E-state index in [-0.39, 0.29) is 13.0 Å². The average molecular weight is 279 g/mol. The van der Waals surface area contributed by atoms with E-state index in [2.05, 4.69) is 4.74 Å². The third kappa shape index (κ3) is 3.71. The summed E-state index contributed by atoms with van der Waals surface area (Å²) in [6, 6.07) is -0.778. The van der Waals surface area contributed by atoms with Crippen LogP contribution in [0, 0.1) is 0 Å². The van der Waals surface area contributed by atoms with Gasteiger partial charge in [0.05, 0.1) is 7.11 Å². The molecule has 108 valence electrons. The van der Waals surface area contributed by atoms with Gasteiger partial charge >= 0.3 is 12.1 Å². The number of amides is 1. The SMILES string of the molecule is CC/C(=C\C(=O)N1CCCC1C(=O)OC)C(F)(F)F. The molecule has 7 heteroatoms. The van der Waals surface area contributed by atoms with Crippen LogP contribution in [0.5, 0.6) is 0 Å². The van der Waals surface area contributed by atoms with E-state index in [1.807, 2.05) is 0 Å². The average Bonchev–Trinajstić information content (AvgIpc) is 2.82. The smallest absolute Gasteiger partial charge is 0.412 e. The van der Waals surface area contributed by atoms with Crippen LogP contribution >= 0.6 is 0 Å². The van der Waals surface area contributed by atoms with Gasteiger partial charge in [-0.25, -0.2) is 4.79 Å². The molecule has 0 aromatic heterocycles. The molecule has 1 saturated heterocycles. The molecule has 1 aliphatic rings. The van der Waals surface area contributed by atoms with E-state index in [4.69, 9.17) is 0 Å². The summed E-state index contributed by atoms with van der Waals surface area (Å²) < 4.78 is 42.2. The van der Waals surface area contributed by atoms with E-state index in [0.717, 1.165) is 4.90 Å². The highest BCUT2D eigenvalue weighted by atomic mass is 19.4. The second kappa shape index (κ2) is 6.08. The van der Waals surface area contributed by atoms with Gasteiger partial charge in [-0.15, -0.1) is 0 Å². The molecule has 4 nitrogen and oxygen atoms in total. The number of rotatable bonds is 3. The van der Waals surface area contributed by atoms with Gasteiger partial charge in [0.25, 0.3) is 0 Å². The number of carbonyl (C=O) groups is 2. The number of ether oxygens (including phenoxy) is 1. The molecular formula is C12H16F3NO3. The maximum absolute atomic E-state index is 12.6. The summed E-state index contributed by atoms with van der Waals surface area (Å²) in [6.07, 6.45) is -3.25. The van der Waals surface area contributed by atoms with Gasteiger partial charge in [0.1, 0.15) is 6.04 Å². The summed E-state index contributed by atoms with van der Waals surface area (Å²) in [5.74, 6) is -1.38. The predicted octanol–water partition coefficient (Wildman–Crippen LogP) is 2.05. The van der Waals surface area contributed by atoms with E-state index in [0.29, 0.717) is 18.9 Å². The highest BCUT2D eigenvalue weighted by Crippen LogP contribution is 2.28. The van der Waals surface area contributed by atoms with Crippen molar-refractivity contribution in [3.63, 3.8) is 0 Å². The maximum atomic E-state index is 12.6. The van der Waals surface area contributed by atoms with Gasteiger partial charge in [-0.2, -0.15) is 13.2 Å². The molecule has 19 heavy (non-hydrogen) atoms. The Hall–Kier alpha value is -1.53. The predicted molar refractivity (Wildman–Crippen MR) is 61.2 cm³/mol. The quantitative estimate of drug-likeness (QED) is 0.587. The fraction of sp³-hybridized carbons (Fsp3) is 0.667. The zero-order chi connectivity index (χ0) is 14.6. The normalized spacial score (nSPS) is 20.6. The molecule has 0 saturated carbocycles. The van der Waals surface area contributed by atoms with Crippen LogP contribution in [-0.4, -0.2) is 42.6 Å². The summed E-state index contributed by atoms with van der Waals surface area (Å²) in [4.78, 5) is 24.4. The topological polar surface area (TPSA) is 46.6 Å². The van der Waals surface area contributed by atoms with E-state index in [9.17, 15) is 22.8 Å². The fourth-order valence-corrected chi connectivity index (χ4v) is 2.03. The molecule has 0 radical (unpaired) electrons. The van der Waals surface area contributed by atoms with Crippen LogP contribution in [0.25, 0.3) is 0 Å². The van der Waals surface area contributed by atoms with Crippen LogP contribution in [0.15, 0.2) is 11.6 Å². The largest absolute Gasteiger partial charge is 0.467 e. The number of hydrogen-bond donors (Lipinski definition) is 0. The molecule has 0 N–H and O–H groups in total. The summed E-state index contributed by atoms with van der Waals surface area (Å²) >= 11 is 0. The first-order valence-electron chi connectivity index (χ1n) is 5.97. The van der Waals surface area contributed by atoms with Gasteiger partial charge in [-0.05, 0) is 19.3 Å². The van der Waals surface area contributed by atoms with E-state index >= 15 is 0 Å². The Kier molecular flexibility index (Phi) is 4.97. The minimum atomic E-state index is -4.52. The molecule has 0 aromatic rings. The van der Waals surface area contributed by atoms with Crippen molar-refractivity contribution in [3.05, 3.63) is 11.6 Å². The first-order chi connectivity index (χ1) is 8.81. The zero-order valence-corrected chi connectivity index (χ0v) is 10.8. The van der Waals surface area contributed by atoms with Crippen molar-refractivity contribution >= 4 is 11.9 Å². The van der Waals surface area contributed by atoms with Crippen molar-refractivity contribution in [1.29, 1.82) is 0 Å². The lowest BCUT2D eigenvalue weighted by Gasteiger charge is -2.22. The second-order valence-corrected chi connectivity index (χ2v) is 4.23. The van der Waals surface area contributed by atoms with Crippen molar-refractivity contribution in [2.75, 3.05) is 13.7 Å². The Morgan fingerprint density at radius 3 is 2.53 bits per heavy atom. The Balaban J connectivity index is 2.88. The number of carbonyl (C=O) groups excluding carboxylic acids is 2. The Morgan fingerprint density at radius 1 is 1.42 bits per heavy atom. The Morgan fingerprint density at radius 2 is 2.05 bits per heavy atom. The highest BCUT2D eigenvalue weighted by Gasteiger charge is 2.37. The lowest BCUT2D eigenvalue weighted by Crippen LogP contribution is -2.40. The molecule has 1 unspecified atom stereocenters. The number of alkyl halides is 3. The molecule has 0 aromatic carbocycles. The number of nitrogens with zero attached hydrogens (tertiary/aromatic N) is 1. The third-order valence-electron chi connectivity index (χ3n) is 3.05. The molecule has 1 heterocycles. The Labute approximate surface area is 109 Å². The van der Waals surface area contributed by atoms with E-state index in [1.54, 1.807) is 0 Å². The van der Waals surface area contributed by atoms with Crippen LogP contribution in [0.2, 0.25) is 0 Å². The molecular weight excluding hydrogens is 263 g/mol. The summed E-state index contributed by atoms with van der Waals surface area (Å²) in [6.45, 7) is 1.60. The molecule has 1 atom stereocenters. The van der Waals surface area contributed by atoms with E-state index in [1.165, 1.54) is 14.0 Å². The molecule has 1 amide bonds. The lowest BCUT2D eigenvalue weighted by molar-refractivity contribution is -0.149. The van der Waals surface area contributed by atoms with Crippen molar-refractivity contribution in [2.45, 2.75) is 38.4 Å². The first-order valence-corrected chi connectivity index (χ1v) is 5.97. The summed E-state index contributed by atoms with van der Waals surface area (Å²) in [5.41, 5.74) is -0.895. The monoisotopic (exact) mass is 279 g/mol. The summed E-state index contributed by atoms with van der Waals surface area (Å²) in [7, 11) is 1.19. The van der Waals surface area contributed by atoms with Gasteiger partial charge in [0.15, 0.2) is 0 Å². The lowest BCUT2D eigenvalue weighted by atomic mass is 10.1. The van der Waals surface area contributed by atoms with Crippen molar-refractivity contribution in [2.24, 2.45) is 0 Å². The standard InChI is InChI=1S/C12H16F3NO3/c1-3-8(12(13,14)15)7-10(17)16-6-4-5-9(16)11(18)19-2/h7,9H,3-6H2,1-2H3/b8-7+. The molecule has 1 fully saturated rings. The second-order valence-electron chi connectivity index (χ2n) is 4.23. The Bertz CT molecular complexity index is 390. The number of allylic oxidation sites excluding steroid dienone is 1. The van der Waals surface area contributed by atoms with E-state index < -0.39 is 29.7 Å². The molecule has 1 aliphatic heterocycles. The molecule has 1 rings (SSSR count). The van der Waals surface area contributed by atoms with Crippen LogP contribution in [0.4, 0.5) is 13.2 Å². The summed E-state index contributed by atoms with van der Waals surface area (Å²) in [5, 5.41) is 0. The van der Waals surface area contributed by atoms with Crippen molar-refractivity contribution < 1.29 is 27.5 Å².